The number of unbranched alkanes of at least 4 members (excludes halogenated alkanes) is 24. The molecule has 0 aromatic rings. The minimum Gasteiger partial charge on any atom is -0.462 e. The second kappa shape index (κ2) is 76.1. The van der Waals surface area contributed by atoms with Gasteiger partial charge in [-0.3, -0.25) is 37.3 Å². The minimum absolute atomic E-state index is 0.0688. The third-order valence-electron chi connectivity index (χ3n) is 16.3. The van der Waals surface area contributed by atoms with Gasteiger partial charge in [-0.2, -0.15) is 0 Å². The highest BCUT2D eigenvalue weighted by molar-refractivity contribution is 7.47. The number of aliphatic hydroxyl groups is 1. The predicted molar refractivity (Wildman–Crippen MR) is 427 cm³/mol. The predicted octanol–water partition coefficient (Wildman–Crippen LogP) is 23.4. The van der Waals surface area contributed by atoms with Crippen molar-refractivity contribution in [2.45, 2.75) is 329 Å². The van der Waals surface area contributed by atoms with Crippen molar-refractivity contribution in [2.75, 3.05) is 39.6 Å². The number of rotatable bonds is 74. The Morgan fingerprint density at radius 2 is 0.500 bits per heavy atom. The van der Waals surface area contributed by atoms with Crippen molar-refractivity contribution in [2.24, 2.45) is 0 Å². The Labute approximate surface area is 630 Å². The highest BCUT2D eigenvalue weighted by Crippen LogP contribution is 2.45. The smallest absolute Gasteiger partial charge is 0.462 e. The van der Waals surface area contributed by atoms with Gasteiger partial charge in [-0.1, -0.05) is 263 Å². The van der Waals surface area contributed by atoms with Crippen molar-refractivity contribution in [1.82, 2.24) is 0 Å². The SMILES string of the molecule is CC/C=C\C/C=C\C/C=C\C/C=C\CCCCCCC(=O)OCC(COP(=O)(O)OCC(O)COP(=O)(O)OCC(COC(=O)CCCCCC/C=C\C/C=C\C/C=C\C/C=C\CC)OC(=O)CCCCCCC/C=C\C/C=C\CCCCC)OC(=O)CCCCCCC/C=C\C/C=C\CCCCC. The quantitative estimate of drug-likeness (QED) is 0.0169. The molecule has 19 heteroatoms. The summed E-state index contributed by atoms with van der Waals surface area (Å²) in [7, 11) is -9.99. The number of hydrogen-bond donors (Lipinski definition) is 3. The van der Waals surface area contributed by atoms with Gasteiger partial charge >= 0.3 is 39.5 Å². The van der Waals surface area contributed by atoms with E-state index in [2.05, 4.69) is 174 Å². The zero-order valence-corrected chi connectivity index (χ0v) is 66.7. The molecule has 0 bridgehead atoms. The number of carbonyl (C=O) groups excluding carboxylic acids is 4. The fraction of sp³-hybridized carbons (Fsp3) is 0.671. The van der Waals surface area contributed by atoms with Crippen LogP contribution in [-0.2, 0) is 65.4 Å². The van der Waals surface area contributed by atoms with E-state index in [0.717, 1.165) is 193 Å². The normalized spacial score (nSPS) is 14.6. The zero-order valence-electron chi connectivity index (χ0n) is 64.9. The summed E-state index contributed by atoms with van der Waals surface area (Å²) in [4.78, 5) is 73.1. The highest BCUT2D eigenvalue weighted by atomic mass is 31.2. The molecule has 0 aliphatic heterocycles. The van der Waals surface area contributed by atoms with Crippen LogP contribution >= 0.6 is 15.6 Å². The van der Waals surface area contributed by atoms with Crippen molar-refractivity contribution in [3.63, 3.8) is 0 Å². The first kappa shape index (κ1) is 98.9. The topological polar surface area (TPSA) is 237 Å². The van der Waals surface area contributed by atoms with Gasteiger partial charge in [-0.25, -0.2) is 9.13 Å². The first-order valence-electron chi connectivity index (χ1n) is 40.1. The van der Waals surface area contributed by atoms with Gasteiger partial charge < -0.3 is 33.8 Å². The largest absolute Gasteiger partial charge is 0.472 e. The first-order chi connectivity index (χ1) is 50.7. The van der Waals surface area contributed by atoms with Gasteiger partial charge in [0, 0.05) is 25.7 Å². The lowest BCUT2D eigenvalue weighted by molar-refractivity contribution is -0.161. The van der Waals surface area contributed by atoms with E-state index in [1.807, 2.05) is 0 Å². The maximum absolute atomic E-state index is 13.1. The molecule has 0 saturated carbocycles. The van der Waals surface area contributed by atoms with E-state index in [9.17, 15) is 43.2 Å². The fourth-order valence-electron chi connectivity index (χ4n) is 10.2. The Balaban J connectivity index is 5.44. The summed E-state index contributed by atoms with van der Waals surface area (Å²) < 4.78 is 68.6. The van der Waals surface area contributed by atoms with Crippen LogP contribution in [0.4, 0.5) is 0 Å². The third kappa shape index (κ3) is 75.2. The van der Waals surface area contributed by atoms with Crippen LogP contribution in [0.5, 0.6) is 0 Å². The van der Waals surface area contributed by atoms with E-state index >= 15 is 0 Å². The Bertz CT molecular complexity index is 2370. The monoisotopic (exact) mass is 1500 g/mol. The Kier molecular flexibility index (Phi) is 72.4. The molecule has 0 aliphatic rings. The summed E-state index contributed by atoms with van der Waals surface area (Å²) in [6.45, 7) is 4.51. The van der Waals surface area contributed by atoms with Crippen LogP contribution in [0, 0.1) is 0 Å². The van der Waals surface area contributed by atoms with Gasteiger partial charge in [0.25, 0.3) is 0 Å². The van der Waals surface area contributed by atoms with E-state index in [0.29, 0.717) is 25.7 Å². The fourth-order valence-corrected chi connectivity index (χ4v) is 11.8. The molecule has 0 aromatic carbocycles. The molecular weight excluding hydrogens is 1350 g/mol. The van der Waals surface area contributed by atoms with Gasteiger partial charge in [-0.05, 0) is 167 Å². The number of aliphatic hydroxyl groups excluding tert-OH is 1. The third-order valence-corrected chi connectivity index (χ3v) is 18.2. The van der Waals surface area contributed by atoms with Crippen LogP contribution in [0.25, 0.3) is 0 Å². The number of phosphoric ester groups is 2. The molecule has 0 aromatic heterocycles. The Morgan fingerprint density at radius 1 is 0.279 bits per heavy atom. The molecule has 0 rings (SSSR count). The molecule has 4 unspecified atom stereocenters. The van der Waals surface area contributed by atoms with Crippen LogP contribution in [0.2, 0.25) is 0 Å². The van der Waals surface area contributed by atoms with Crippen LogP contribution in [0.15, 0.2) is 146 Å². The lowest BCUT2D eigenvalue weighted by Gasteiger charge is -2.21. The zero-order chi connectivity index (χ0) is 76.0. The van der Waals surface area contributed by atoms with Crippen molar-refractivity contribution < 1.29 is 80.2 Å². The molecule has 0 spiro atoms. The summed E-state index contributed by atoms with van der Waals surface area (Å²) in [6.07, 6.45) is 86.7. The van der Waals surface area contributed by atoms with Crippen molar-refractivity contribution in [3.8, 4) is 0 Å². The maximum atomic E-state index is 13.1. The molecule has 0 heterocycles. The number of phosphoric acid groups is 2. The summed E-state index contributed by atoms with van der Waals surface area (Å²) >= 11 is 0. The summed E-state index contributed by atoms with van der Waals surface area (Å²) in [6, 6.07) is 0. The molecule has 104 heavy (non-hydrogen) atoms. The molecule has 0 radical (unpaired) electrons. The average Bonchev–Trinajstić information content (AvgIpc) is 0.937. The molecule has 594 valence electrons. The van der Waals surface area contributed by atoms with Crippen molar-refractivity contribution in [1.29, 1.82) is 0 Å². The van der Waals surface area contributed by atoms with Crippen LogP contribution in [0.3, 0.4) is 0 Å². The first-order valence-corrected chi connectivity index (χ1v) is 43.1. The molecule has 4 atom stereocenters. The summed E-state index contributed by atoms with van der Waals surface area (Å²) in [5, 5.41) is 10.6. The summed E-state index contributed by atoms with van der Waals surface area (Å²) in [5.74, 6) is -2.26. The second-order valence-electron chi connectivity index (χ2n) is 26.2. The van der Waals surface area contributed by atoms with Gasteiger partial charge in [0.2, 0.25) is 0 Å². The van der Waals surface area contributed by atoms with E-state index in [4.69, 9.17) is 37.0 Å². The number of hydrogen-bond acceptors (Lipinski definition) is 15. The van der Waals surface area contributed by atoms with Gasteiger partial charge in [0.15, 0.2) is 12.2 Å². The molecular formula is C85H142O17P2. The number of carbonyl (C=O) groups is 4. The molecule has 0 aliphatic carbocycles. The van der Waals surface area contributed by atoms with Crippen LogP contribution in [-0.4, -0.2) is 96.7 Å². The molecule has 0 fully saturated rings. The van der Waals surface area contributed by atoms with Crippen LogP contribution < -0.4 is 0 Å². The number of ether oxygens (including phenoxy) is 4. The second-order valence-corrected chi connectivity index (χ2v) is 29.1. The van der Waals surface area contributed by atoms with Crippen molar-refractivity contribution in [3.05, 3.63) is 146 Å². The molecule has 17 nitrogen and oxygen atoms in total. The molecule has 3 N–H and O–H groups in total. The standard InChI is InChI=1S/C85H142O17P2/c1-5-9-13-17-21-25-29-33-37-39-43-45-49-53-57-61-65-69-82(87)95-75-80(101-84(89)71-67-63-59-55-51-47-41-35-31-27-23-19-15-11-7-3)77-99-103(91,92)97-73-79(86)74-98-104(93,94)100-78-81(102-85(90)72-68-64-60-56-52-48-42-36-32-28-24-20-16-12-8-4)76-96-83(88)70-66-62-58-54-50-46-44-40-38-34-30-26-22-18-14-10-6-2/h9-10,13-14,21-28,33-38,41-46,79-81,86H,5-8,11-12,15-20,29-32,39-40,47-78H2,1-4H3,(H,91,92)(H,93,94)/b13-9-,14-10-,25-21-,26-22-,27-23-,28-24-,37-33-,38-34-,41-35-,42-36-,45-43-,46-44-. The van der Waals surface area contributed by atoms with E-state index in [1.54, 1.807) is 0 Å². The van der Waals surface area contributed by atoms with Crippen LogP contribution in [0.1, 0.15) is 310 Å². The lowest BCUT2D eigenvalue weighted by Crippen LogP contribution is -2.30. The Hall–Kier alpha value is -5.06. The molecule has 0 saturated heterocycles. The van der Waals surface area contributed by atoms with E-state index < -0.39 is 97.5 Å². The average molecular weight is 1500 g/mol. The van der Waals surface area contributed by atoms with Gasteiger partial charge in [-0.15, -0.1) is 0 Å². The highest BCUT2D eigenvalue weighted by Gasteiger charge is 2.30. The van der Waals surface area contributed by atoms with E-state index in [-0.39, 0.29) is 25.7 Å². The maximum Gasteiger partial charge on any atom is 0.472 e. The lowest BCUT2D eigenvalue weighted by atomic mass is 10.1. The minimum atomic E-state index is -4.99. The number of esters is 4. The van der Waals surface area contributed by atoms with Gasteiger partial charge in [0.1, 0.15) is 19.3 Å². The number of allylic oxidation sites excluding steroid dienone is 24. The molecule has 0 amide bonds. The van der Waals surface area contributed by atoms with E-state index in [1.165, 1.54) is 38.5 Å². The summed E-state index contributed by atoms with van der Waals surface area (Å²) in [5.41, 5.74) is 0. The van der Waals surface area contributed by atoms with Gasteiger partial charge in [0.05, 0.1) is 26.4 Å². The Morgan fingerprint density at radius 3 is 0.769 bits per heavy atom. The van der Waals surface area contributed by atoms with Crippen molar-refractivity contribution >= 4 is 39.5 Å².